The van der Waals surface area contributed by atoms with E-state index in [0.717, 1.165) is 66.9 Å². The van der Waals surface area contributed by atoms with Crippen LogP contribution in [0, 0.1) is 0 Å². The van der Waals surface area contributed by atoms with Crippen LogP contribution in [0.4, 0.5) is 0 Å². The van der Waals surface area contributed by atoms with Crippen molar-refractivity contribution in [3.05, 3.63) is 70.3 Å². The second-order valence-corrected chi connectivity index (χ2v) is 8.00. The van der Waals surface area contributed by atoms with Gasteiger partial charge in [0.15, 0.2) is 0 Å². The van der Waals surface area contributed by atoms with Crippen molar-refractivity contribution in [2.75, 3.05) is 27.2 Å². The van der Waals surface area contributed by atoms with E-state index in [9.17, 15) is 4.79 Å². The lowest BCUT2D eigenvalue weighted by Crippen LogP contribution is -2.24. The van der Waals surface area contributed by atoms with E-state index in [2.05, 4.69) is 43.1 Å². The summed E-state index contributed by atoms with van der Waals surface area (Å²) in [5.74, 6) is 0.899. The van der Waals surface area contributed by atoms with E-state index in [0.29, 0.717) is 5.65 Å². The number of ether oxygens (including phenoxy) is 1. The van der Waals surface area contributed by atoms with Gasteiger partial charge in [-0.3, -0.25) is 9.20 Å². The molecule has 156 valence electrons. The van der Waals surface area contributed by atoms with Crippen LogP contribution in [0.2, 0.25) is 0 Å². The molecule has 0 amide bonds. The van der Waals surface area contributed by atoms with Gasteiger partial charge >= 0.3 is 0 Å². The molecule has 0 saturated heterocycles. The number of aromatic nitrogens is 2. The first-order valence-electron chi connectivity index (χ1n) is 10.7. The van der Waals surface area contributed by atoms with Crippen LogP contribution in [-0.2, 0) is 6.42 Å². The number of rotatable bonds is 6. The van der Waals surface area contributed by atoms with E-state index in [1.54, 1.807) is 17.6 Å². The lowest BCUT2D eigenvalue weighted by molar-refractivity contribution is 0.369. The number of aryl methyl sites for hydroxylation is 1. The second-order valence-electron chi connectivity index (χ2n) is 8.00. The summed E-state index contributed by atoms with van der Waals surface area (Å²) in [6, 6.07) is 11.9. The van der Waals surface area contributed by atoms with E-state index in [1.807, 2.05) is 18.3 Å². The normalized spacial score (nSPS) is 14.7. The summed E-state index contributed by atoms with van der Waals surface area (Å²) >= 11 is 0. The van der Waals surface area contributed by atoms with Gasteiger partial charge in [-0.2, -0.15) is 0 Å². The largest absolute Gasteiger partial charge is 0.496 e. The number of hydrogen-bond donors (Lipinski definition) is 0. The van der Waals surface area contributed by atoms with Gasteiger partial charge in [-0.1, -0.05) is 31.6 Å². The van der Waals surface area contributed by atoms with Gasteiger partial charge in [0.2, 0.25) is 0 Å². The van der Waals surface area contributed by atoms with Gasteiger partial charge in [-0.05, 0) is 66.8 Å². The third kappa shape index (κ3) is 4.17. The molecule has 0 bridgehead atoms. The van der Waals surface area contributed by atoms with Crippen molar-refractivity contribution in [2.24, 2.45) is 0 Å². The molecule has 1 aromatic carbocycles. The maximum atomic E-state index is 12.8. The monoisotopic (exact) mass is 403 g/mol. The van der Waals surface area contributed by atoms with Crippen molar-refractivity contribution in [1.82, 2.24) is 14.3 Å². The van der Waals surface area contributed by atoms with Crippen LogP contribution >= 0.6 is 0 Å². The Kier molecular flexibility index (Phi) is 6.00. The van der Waals surface area contributed by atoms with Gasteiger partial charge in [0.1, 0.15) is 11.4 Å². The van der Waals surface area contributed by atoms with Gasteiger partial charge in [-0.25, -0.2) is 4.98 Å². The molecule has 1 aliphatic rings. The summed E-state index contributed by atoms with van der Waals surface area (Å²) in [5, 5.41) is 0. The SMILES string of the molecule is CCCCc1ccc(-c2ccc3nc(C4=CCN(C)CC4)cc(=O)n3c2)cc1OC. The molecule has 0 radical (unpaired) electrons. The first-order valence-corrected chi connectivity index (χ1v) is 10.7. The molecule has 0 unspecified atom stereocenters. The number of nitrogens with zero attached hydrogens (tertiary/aromatic N) is 3. The highest BCUT2D eigenvalue weighted by molar-refractivity contribution is 5.69. The minimum absolute atomic E-state index is 0.0526. The maximum Gasteiger partial charge on any atom is 0.258 e. The molecule has 2 aromatic heterocycles. The van der Waals surface area contributed by atoms with Crippen molar-refractivity contribution >= 4 is 11.2 Å². The molecule has 30 heavy (non-hydrogen) atoms. The van der Waals surface area contributed by atoms with Crippen molar-refractivity contribution < 1.29 is 4.74 Å². The smallest absolute Gasteiger partial charge is 0.258 e. The lowest BCUT2D eigenvalue weighted by atomic mass is 10.0. The number of methoxy groups -OCH3 is 1. The van der Waals surface area contributed by atoms with Crippen LogP contribution in [0.3, 0.4) is 0 Å². The zero-order chi connectivity index (χ0) is 21.1. The molecule has 5 heteroatoms. The topological polar surface area (TPSA) is 46.8 Å². The Bertz CT molecular complexity index is 1150. The fourth-order valence-electron chi connectivity index (χ4n) is 3.94. The van der Waals surface area contributed by atoms with Crippen molar-refractivity contribution in [3.63, 3.8) is 0 Å². The molecule has 0 fully saturated rings. The Morgan fingerprint density at radius 2 is 1.97 bits per heavy atom. The first kappa shape index (κ1) is 20.4. The number of fused-ring (bicyclic) bond motifs is 1. The molecule has 3 aromatic rings. The molecule has 4 rings (SSSR count). The highest BCUT2D eigenvalue weighted by Crippen LogP contribution is 2.28. The number of benzene rings is 1. The number of pyridine rings is 1. The zero-order valence-corrected chi connectivity index (χ0v) is 18.0. The van der Waals surface area contributed by atoms with E-state index < -0.39 is 0 Å². The summed E-state index contributed by atoms with van der Waals surface area (Å²) in [5.41, 5.74) is 5.79. The molecule has 0 atom stereocenters. The summed E-state index contributed by atoms with van der Waals surface area (Å²) in [7, 11) is 3.81. The minimum atomic E-state index is -0.0526. The second kappa shape index (κ2) is 8.84. The first-order chi connectivity index (χ1) is 14.6. The average molecular weight is 404 g/mol. The van der Waals surface area contributed by atoms with Gasteiger partial charge in [0.05, 0.1) is 12.8 Å². The summed E-state index contributed by atoms with van der Waals surface area (Å²) in [6.07, 6.45) is 8.26. The fraction of sp³-hybridized carbons (Fsp3) is 0.360. The summed E-state index contributed by atoms with van der Waals surface area (Å²) in [6.45, 7) is 4.07. The minimum Gasteiger partial charge on any atom is -0.496 e. The lowest BCUT2D eigenvalue weighted by Gasteiger charge is -2.21. The molecule has 0 aliphatic carbocycles. The zero-order valence-electron chi connectivity index (χ0n) is 18.0. The van der Waals surface area contributed by atoms with Gasteiger partial charge in [0, 0.05) is 25.4 Å². The summed E-state index contributed by atoms with van der Waals surface area (Å²) < 4.78 is 7.25. The number of hydrogen-bond acceptors (Lipinski definition) is 4. The van der Waals surface area contributed by atoms with Gasteiger partial charge < -0.3 is 9.64 Å². The standard InChI is InChI=1S/C25H29N3O2/c1-4-5-6-19-7-8-20(15-23(19)30-3)21-9-10-24-26-22(16-25(29)28(24)17-21)18-11-13-27(2)14-12-18/h7-11,15-17H,4-6,12-14H2,1-3H3. The van der Waals surface area contributed by atoms with E-state index in [1.165, 1.54) is 5.56 Å². The number of unbranched alkanes of at least 4 members (excludes halogenated alkanes) is 1. The molecular formula is C25H29N3O2. The van der Waals surface area contributed by atoms with E-state index >= 15 is 0 Å². The van der Waals surface area contributed by atoms with E-state index in [4.69, 9.17) is 9.72 Å². The summed E-state index contributed by atoms with van der Waals surface area (Å²) in [4.78, 5) is 19.9. The van der Waals surface area contributed by atoms with Crippen LogP contribution < -0.4 is 10.3 Å². The van der Waals surface area contributed by atoms with Crippen molar-refractivity contribution in [1.29, 1.82) is 0 Å². The molecule has 5 nitrogen and oxygen atoms in total. The molecule has 0 saturated carbocycles. The Morgan fingerprint density at radius 1 is 1.13 bits per heavy atom. The van der Waals surface area contributed by atoms with Crippen LogP contribution in [0.1, 0.15) is 37.4 Å². The third-order valence-electron chi connectivity index (χ3n) is 5.82. The average Bonchev–Trinajstić information content (AvgIpc) is 2.77. The quantitative estimate of drug-likeness (QED) is 0.611. The third-order valence-corrected chi connectivity index (χ3v) is 5.82. The highest BCUT2D eigenvalue weighted by Gasteiger charge is 2.13. The van der Waals surface area contributed by atoms with Crippen LogP contribution in [0.25, 0.3) is 22.3 Å². The van der Waals surface area contributed by atoms with E-state index in [-0.39, 0.29) is 5.56 Å². The fourth-order valence-corrected chi connectivity index (χ4v) is 3.94. The Balaban J connectivity index is 1.69. The molecule has 3 heterocycles. The van der Waals surface area contributed by atoms with Crippen LogP contribution in [0.15, 0.2) is 53.5 Å². The highest BCUT2D eigenvalue weighted by atomic mass is 16.5. The molecule has 1 aliphatic heterocycles. The van der Waals surface area contributed by atoms with Gasteiger partial charge in [-0.15, -0.1) is 0 Å². The molecule has 0 N–H and O–H groups in total. The predicted molar refractivity (Wildman–Crippen MR) is 122 cm³/mol. The molecule has 0 spiro atoms. The Morgan fingerprint density at radius 3 is 2.70 bits per heavy atom. The van der Waals surface area contributed by atoms with Crippen molar-refractivity contribution in [2.45, 2.75) is 32.6 Å². The van der Waals surface area contributed by atoms with Crippen LogP contribution in [0.5, 0.6) is 5.75 Å². The number of likely N-dealkylation sites (N-methyl/N-ethyl adjacent to an activating group) is 1. The Hall–Kier alpha value is -2.92. The van der Waals surface area contributed by atoms with Crippen LogP contribution in [-0.4, -0.2) is 41.5 Å². The Labute approximate surface area is 177 Å². The predicted octanol–water partition coefficient (Wildman–Crippen LogP) is 4.43. The molecular weight excluding hydrogens is 374 g/mol. The van der Waals surface area contributed by atoms with Crippen molar-refractivity contribution in [3.8, 4) is 16.9 Å². The maximum absolute atomic E-state index is 12.8. The van der Waals surface area contributed by atoms with Gasteiger partial charge in [0.25, 0.3) is 5.56 Å².